The van der Waals surface area contributed by atoms with Gasteiger partial charge >= 0.3 is 0 Å². The number of benzene rings is 2. The van der Waals surface area contributed by atoms with Crippen molar-refractivity contribution >= 4 is 0 Å². The Morgan fingerprint density at radius 3 is 1.93 bits per heavy atom. The fraction of sp³-hybridized carbons (Fsp3) is 0.478. The van der Waals surface area contributed by atoms with Crippen LogP contribution in [0.3, 0.4) is 0 Å². The van der Waals surface area contributed by atoms with E-state index in [1.54, 1.807) is 6.07 Å². The Hall–Kier alpha value is -2.36. The predicted molar refractivity (Wildman–Crippen MR) is 107 cm³/mol. The molecule has 2 aromatic rings. The minimum absolute atomic E-state index is 0.249. The van der Waals surface area contributed by atoms with Crippen LogP contribution in [-0.2, 0) is 5.41 Å². The van der Waals surface area contributed by atoms with Crippen LogP contribution in [0.5, 0.6) is 23.0 Å². The second-order valence-electron chi connectivity index (χ2n) is 8.45. The number of rotatable bonds is 3. The van der Waals surface area contributed by atoms with Gasteiger partial charge in [0.25, 0.3) is 0 Å². The van der Waals surface area contributed by atoms with Gasteiger partial charge in [0.2, 0.25) is 5.75 Å². The van der Waals surface area contributed by atoms with Crippen LogP contribution in [0.1, 0.15) is 61.8 Å². The Morgan fingerprint density at radius 2 is 1.41 bits per heavy atom. The summed E-state index contributed by atoms with van der Waals surface area (Å²) in [6.07, 6.45) is 3.74. The molecular weight excluding hydrogens is 340 g/mol. The molecule has 1 aliphatic rings. The lowest BCUT2D eigenvalue weighted by Crippen LogP contribution is -2.34. The van der Waals surface area contributed by atoms with Crippen molar-refractivity contribution in [3.63, 3.8) is 0 Å². The average molecular weight is 370 g/mol. The highest BCUT2D eigenvalue weighted by atomic mass is 16.3. The molecule has 0 radical (unpaired) electrons. The summed E-state index contributed by atoms with van der Waals surface area (Å²) in [5, 5.41) is 40.8. The Kier molecular flexibility index (Phi) is 5.02. The summed E-state index contributed by atoms with van der Waals surface area (Å²) in [5.74, 6) is 0.493. The van der Waals surface area contributed by atoms with Crippen LogP contribution in [0.15, 0.2) is 24.3 Å². The number of phenols is 4. The van der Waals surface area contributed by atoms with Gasteiger partial charge in [-0.15, -0.1) is 0 Å². The summed E-state index contributed by atoms with van der Waals surface area (Å²) in [4.78, 5) is 0. The van der Waals surface area contributed by atoms with Gasteiger partial charge in [0.15, 0.2) is 11.5 Å². The molecule has 4 nitrogen and oxygen atoms in total. The van der Waals surface area contributed by atoms with E-state index in [0.29, 0.717) is 23.1 Å². The molecule has 0 aliphatic heterocycles. The maximum atomic E-state index is 10.7. The third-order valence-electron chi connectivity index (χ3n) is 6.52. The van der Waals surface area contributed by atoms with Crippen molar-refractivity contribution in [3.05, 3.63) is 46.5 Å². The predicted octanol–water partition coefficient (Wildman–Crippen LogP) is 5.26. The Labute approximate surface area is 161 Å². The summed E-state index contributed by atoms with van der Waals surface area (Å²) >= 11 is 0. The van der Waals surface area contributed by atoms with Crippen molar-refractivity contribution in [2.75, 3.05) is 0 Å². The lowest BCUT2D eigenvalue weighted by molar-refractivity contribution is 0.213. The van der Waals surface area contributed by atoms with E-state index in [1.807, 2.05) is 26.0 Å². The van der Waals surface area contributed by atoms with Crippen molar-refractivity contribution in [3.8, 4) is 23.0 Å². The average Bonchev–Trinajstić information content (AvgIpc) is 2.64. The summed E-state index contributed by atoms with van der Waals surface area (Å²) in [7, 11) is 0. The summed E-state index contributed by atoms with van der Waals surface area (Å²) in [5.41, 5.74) is 2.84. The Morgan fingerprint density at radius 1 is 0.852 bits per heavy atom. The second-order valence-corrected chi connectivity index (χ2v) is 8.45. The number of aromatic hydroxyl groups is 4. The second kappa shape index (κ2) is 6.99. The first-order valence-corrected chi connectivity index (χ1v) is 9.72. The molecule has 1 fully saturated rings. The highest BCUT2D eigenvalue weighted by molar-refractivity contribution is 5.59. The van der Waals surface area contributed by atoms with Gasteiger partial charge in [-0.05, 0) is 74.1 Å². The van der Waals surface area contributed by atoms with Crippen molar-refractivity contribution in [1.29, 1.82) is 0 Å². The summed E-state index contributed by atoms with van der Waals surface area (Å²) < 4.78 is 0. The number of hydrogen-bond acceptors (Lipinski definition) is 4. The molecule has 4 heteroatoms. The molecule has 0 spiro atoms. The third-order valence-corrected chi connectivity index (χ3v) is 6.52. The highest BCUT2D eigenvalue weighted by Crippen LogP contribution is 2.53. The van der Waals surface area contributed by atoms with E-state index in [1.165, 1.54) is 6.07 Å². The van der Waals surface area contributed by atoms with Gasteiger partial charge in [0.1, 0.15) is 5.75 Å². The highest BCUT2D eigenvalue weighted by Gasteiger charge is 2.42. The van der Waals surface area contributed by atoms with Crippen LogP contribution in [0, 0.1) is 25.7 Å². The molecule has 0 amide bonds. The molecule has 27 heavy (non-hydrogen) atoms. The fourth-order valence-corrected chi connectivity index (χ4v) is 4.70. The molecule has 1 saturated carbocycles. The smallest absolute Gasteiger partial charge is 0.200 e. The molecule has 0 bridgehead atoms. The standard InChI is InChI=1S/C23H30O4/c1-13(2)16-7-9-23(10-8-16,17-11-14(3)20(25)15(4)12-17)18-5-6-19(24)22(27)21(18)26/h5-6,11-13,16,24-27H,7-10H2,1-4H3. The largest absolute Gasteiger partial charge is 0.507 e. The summed E-state index contributed by atoms with van der Waals surface area (Å²) in [6, 6.07) is 7.14. The zero-order chi connectivity index (χ0) is 19.9. The van der Waals surface area contributed by atoms with Gasteiger partial charge in [0.05, 0.1) is 0 Å². The fourth-order valence-electron chi connectivity index (χ4n) is 4.70. The quantitative estimate of drug-likeness (QED) is 0.556. The van der Waals surface area contributed by atoms with E-state index < -0.39 is 11.2 Å². The van der Waals surface area contributed by atoms with Crippen LogP contribution in [-0.4, -0.2) is 20.4 Å². The van der Waals surface area contributed by atoms with Crippen LogP contribution < -0.4 is 0 Å². The maximum Gasteiger partial charge on any atom is 0.200 e. The van der Waals surface area contributed by atoms with Crippen molar-refractivity contribution in [2.45, 2.75) is 58.8 Å². The number of hydrogen-bond donors (Lipinski definition) is 4. The molecule has 0 saturated heterocycles. The van der Waals surface area contributed by atoms with Crippen LogP contribution in [0.4, 0.5) is 0 Å². The van der Waals surface area contributed by atoms with E-state index >= 15 is 0 Å². The normalized spacial score (nSPS) is 22.9. The Bertz CT molecular complexity index is 823. The monoisotopic (exact) mass is 370 g/mol. The molecular formula is C23H30O4. The molecule has 4 N–H and O–H groups in total. The SMILES string of the molecule is Cc1cc(C2(c3ccc(O)c(O)c3O)CCC(C(C)C)CC2)cc(C)c1O. The Balaban J connectivity index is 2.19. The lowest BCUT2D eigenvalue weighted by atomic mass is 9.61. The topological polar surface area (TPSA) is 80.9 Å². The van der Waals surface area contributed by atoms with Gasteiger partial charge in [-0.3, -0.25) is 0 Å². The van der Waals surface area contributed by atoms with E-state index in [-0.39, 0.29) is 11.5 Å². The maximum absolute atomic E-state index is 10.7. The van der Waals surface area contributed by atoms with Crippen LogP contribution in [0.25, 0.3) is 0 Å². The van der Waals surface area contributed by atoms with Gasteiger partial charge < -0.3 is 20.4 Å². The zero-order valence-corrected chi connectivity index (χ0v) is 16.6. The molecule has 146 valence electrons. The third kappa shape index (κ3) is 3.22. The van der Waals surface area contributed by atoms with Gasteiger partial charge in [-0.25, -0.2) is 0 Å². The molecule has 3 rings (SSSR count). The van der Waals surface area contributed by atoms with Crippen molar-refractivity contribution in [2.24, 2.45) is 11.8 Å². The first-order chi connectivity index (χ1) is 12.7. The van der Waals surface area contributed by atoms with Gasteiger partial charge in [-0.1, -0.05) is 32.0 Å². The first-order valence-electron chi connectivity index (χ1n) is 9.72. The zero-order valence-electron chi connectivity index (χ0n) is 16.6. The molecule has 0 heterocycles. The lowest BCUT2D eigenvalue weighted by Gasteiger charge is -2.43. The molecule has 0 atom stereocenters. The van der Waals surface area contributed by atoms with E-state index in [4.69, 9.17) is 0 Å². The van der Waals surface area contributed by atoms with Gasteiger partial charge in [-0.2, -0.15) is 0 Å². The van der Waals surface area contributed by atoms with Crippen molar-refractivity contribution in [1.82, 2.24) is 0 Å². The minimum Gasteiger partial charge on any atom is -0.507 e. The van der Waals surface area contributed by atoms with Gasteiger partial charge in [0, 0.05) is 11.0 Å². The van der Waals surface area contributed by atoms with Crippen LogP contribution in [0.2, 0.25) is 0 Å². The first kappa shape index (κ1) is 19.4. The summed E-state index contributed by atoms with van der Waals surface area (Å²) in [6.45, 7) is 8.26. The van der Waals surface area contributed by atoms with E-state index in [0.717, 1.165) is 42.4 Å². The van der Waals surface area contributed by atoms with E-state index in [9.17, 15) is 20.4 Å². The van der Waals surface area contributed by atoms with E-state index in [2.05, 4.69) is 13.8 Å². The number of aryl methyl sites for hydroxylation is 2. The van der Waals surface area contributed by atoms with Crippen LogP contribution >= 0.6 is 0 Å². The molecule has 1 aliphatic carbocycles. The minimum atomic E-state index is -0.468. The van der Waals surface area contributed by atoms with Crippen molar-refractivity contribution < 1.29 is 20.4 Å². The molecule has 0 aromatic heterocycles. The number of phenolic OH excluding ortho intramolecular Hbond substituents is 4. The molecule has 0 unspecified atom stereocenters. The molecule has 2 aromatic carbocycles.